The van der Waals surface area contributed by atoms with Crippen molar-refractivity contribution in [2.45, 2.75) is 19.1 Å². The molecule has 0 saturated heterocycles. The maximum atomic E-state index is 13.2. The van der Waals surface area contributed by atoms with Crippen LogP contribution in [0.25, 0.3) is 11.4 Å². The maximum Gasteiger partial charge on any atom is 0.416 e. The van der Waals surface area contributed by atoms with Gasteiger partial charge in [-0.05, 0) is 30.7 Å². The van der Waals surface area contributed by atoms with Gasteiger partial charge in [-0.3, -0.25) is 4.98 Å². The van der Waals surface area contributed by atoms with Crippen LogP contribution in [0.15, 0.2) is 55.0 Å². The van der Waals surface area contributed by atoms with Crippen LogP contribution >= 0.6 is 11.6 Å². The van der Waals surface area contributed by atoms with Crippen molar-refractivity contribution in [1.29, 1.82) is 0 Å². The molecule has 0 bridgehead atoms. The second-order valence-corrected chi connectivity index (χ2v) is 6.04. The fourth-order valence-corrected chi connectivity index (χ4v) is 2.72. The quantitative estimate of drug-likeness (QED) is 0.661. The second-order valence-electron chi connectivity index (χ2n) is 5.61. The highest BCUT2D eigenvalue weighted by Crippen LogP contribution is 2.35. The third-order valence-corrected chi connectivity index (χ3v) is 3.92. The molecule has 8 heteroatoms. The van der Waals surface area contributed by atoms with Crippen LogP contribution in [0.5, 0.6) is 0 Å². The zero-order valence-corrected chi connectivity index (χ0v) is 14.4. The molecule has 1 unspecified atom stereocenters. The Morgan fingerprint density at radius 1 is 1.12 bits per heavy atom. The third kappa shape index (κ3) is 4.11. The van der Waals surface area contributed by atoms with Crippen molar-refractivity contribution in [3.8, 4) is 11.4 Å². The number of hydrogen-bond donors (Lipinski definition) is 1. The van der Waals surface area contributed by atoms with E-state index in [1.54, 1.807) is 31.3 Å². The van der Waals surface area contributed by atoms with Gasteiger partial charge in [-0.25, -0.2) is 9.97 Å². The highest BCUT2D eigenvalue weighted by molar-refractivity contribution is 6.30. The van der Waals surface area contributed by atoms with Gasteiger partial charge in [0.2, 0.25) is 0 Å². The summed E-state index contributed by atoms with van der Waals surface area (Å²) in [5.41, 5.74) is 0.0856. The lowest BCUT2D eigenvalue weighted by Crippen LogP contribution is -2.15. The molecule has 0 spiro atoms. The molecule has 134 valence electrons. The molecule has 1 aromatic carbocycles. The maximum absolute atomic E-state index is 13.2. The first kappa shape index (κ1) is 18.1. The Balaban J connectivity index is 1.87. The lowest BCUT2D eigenvalue weighted by atomic mass is 10.0. The minimum absolute atomic E-state index is 0.143. The Morgan fingerprint density at radius 2 is 1.88 bits per heavy atom. The number of alkyl halides is 3. The molecule has 0 radical (unpaired) electrons. The minimum atomic E-state index is -4.42. The monoisotopic (exact) mass is 378 g/mol. The summed E-state index contributed by atoms with van der Waals surface area (Å²) >= 11 is 5.92. The predicted octanol–water partition coefficient (Wildman–Crippen LogP) is 5.38. The topological polar surface area (TPSA) is 50.7 Å². The van der Waals surface area contributed by atoms with Crippen molar-refractivity contribution in [3.63, 3.8) is 0 Å². The van der Waals surface area contributed by atoms with Crippen LogP contribution in [0.1, 0.15) is 24.1 Å². The van der Waals surface area contributed by atoms with Crippen molar-refractivity contribution in [2.24, 2.45) is 0 Å². The summed E-state index contributed by atoms with van der Waals surface area (Å²) < 4.78 is 39.6. The first-order valence-electron chi connectivity index (χ1n) is 7.71. The Labute approximate surface area is 153 Å². The SMILES string of the molecule is CC(Nc1ccnc(-c2cncc(Cl)c2)n1)c1ccccc1C(F)(F)F. The fourth-order valence-electron chi connectivity index (χ4n) is 2.54. The first-order valence-corrected chi connectivity index (χ1v) is 8.09. The highest BCUT2D eigenvalue weighted by atomic mass is 35.5. The van der Waals surface area contributed by atoms with Crippen molar-refractivity contribution in [3.05, 3.63) is 71.1 Å². The van der Waals surface area contributed by atoms with Crippen molar-refractivity contribution in [1.82, 2.24) is 15.0 Å². The average Bonchev–Trinajstić information content (AvgIpc) is 2.61. The molecule has 0 aliphatic rings. The van der Waals surface area contributed by atoms with Crippen molar-refractivity contribution in [2.75, 3.05) is 5.32 Å². The molecule has 2 aromatic heterocycles. The smallest absolute Gasteiger partial charge is 0.363 e. The summed E-state index contributed by atoms with van der Waals surface area (Å²) in [6.45, 7) is 1.65. The van der Waals surface area contributed by atoms with E-state index in [9.17, 15) is 13.2 Å². The van der Waals surface area contributed by atoms with E-state index < -0.39 is 17.8 Å². The van der Waals surface area contributed by atoms with Gasteiger partial charge in [-0.2, -0.15) is 13.2 Å². The summed E-state index contributed by atoms with van der Waals surface area (Å²) in [4.78, 5) is 12.5. The normalized spacial score (nSPS) is 12.7. The first-order chi connectivity index (χ1) is 12.3. The fraction of sp³-hybridized carbons (Fsp3) is 0.167. The minimum Gasteiger partial charge on any atom is -0.363 e. The summed E-state index contributed by atoms with van der Waals surface area (Å²) in [5, 5.41) is 3.43. The summed E-state index contributed by atoms with van der Waals surface area (Å²) in [5.74, 6) is 0.778. The molecule has 0 aliphatic heterocycles. The van der Waals surface area contributed by atoms with E-state index in [0.29, 0.717) is 22.2 Å². The number of anilines is 1. The van der Waals surface area contributed by atoms with Crippen LogP contribution < -0.4 is 5.32 Å². The zero-order valence-electron chi connectivity index (χ0n) is 13.6. The average molecular weight is 379 g/mol. The van der Waals surface area contributed by atoms with Gasteiger partial charge in [0.05, 0.1) is 16.6 Å². The van der Waals surface area contributed by atoms with E-state index >= 15 is 0 Å². The summed E-state index contributed by atoms with van der Waals surface area (Å²) in [7, 11) is 0. The van der Waals surface area contributed by atoms with Gasteiger partial charge in [0.1, 0.15) is 5.82 Å². The van der Waals surface area contributed by atoms with E-state index in [1.165, 1.54) is 24.5 Å². The zero-order chi connectivity index (χ0) is 18.7. The van der Waals surface area contributed by atoms with Gasteiger partial charge < -0.3 is 5.32 Å². The number of benzene rings is 1. The number of halogens is 4. The van der Waals surface area contributed by atoms with Gasteiger partial charge in [-0.15, -0.1) is 0 Å². The second kappa shape index (κ2) is 7.29. The molecular formula is C18H14ClF3N4. The van der Waals surface area contributed by atoms with Gasteiger partial charge in [-0.1, -0.05) is 29.8 Å². The lowest BCUT2D eigenvalue weighted by molar-refractivity contribution is -0.138. The van der Waals surface area contributed by atoms with Crippen LogP contribution in [0.4, 0.5) is 19.0 Å². The molecule has 0 saturated carbocycles. The van der Waals surface area contributed by atoms with Gasteiger partial charge in [0.15, 0.2) is 5.82 Å². The van der Waals surface area contributed by atoms with Crippen molar-refractivity contribution >= 4 is 17.4 Å². The lowest BCUT2D eigenvalue weighted by Gasteiger charge is -2.20. The number of nitrogens with zero attached hydrogens (tertiary/aromatic N) is 3. The molecular weight excluding hydrogens is 365 g/mol. The Hall–Kier alpha value is -2.67. The highest BCUT2D eigenvalue weighted by Gasteiger charge is 2.34. The predicted molar refractivity (Wildman–Crippen MR) is 93.8 cm³/mol. The van der Waals surface area contributed by atoms with Gasteiger partial charge in [0.25, 0.3) is 0 Å². The molecule has 0 aliphatic carbocycles. The third-order valence-electron chi connectivity index (χ3n) is 3.72. The Kier molecular flexibility index (Phi) is 5.08. The largest absolute Gasteiger partial charge is 0.416 e. The van der Waals surface area contributed by atoms with E-state index in [2.05, 4.69) is 20.3 Å². The van der Waals surface area contributed by atoms with Crippen LogP contribution in [-0.2, 0) is 6.18 Å². The molecule has 1 atom stereocenters. The number of pyridine rings is 1. The van der Waals surface area contributed by atoms with Crippen LogP contribution in [0.2, 0.25) is 5.02 Å². The molecule has 3 rings (SSSR count). The number of aromatic nitrogens is 3. The standard InChI is InChI=1S/C18H14ClF3N4/c1-11(14-4-2-3-5-15(14)18(20,21)22)25-16-6-7-24-17(26-16)12-8-13(19)10-23-9-12/h2-11H,1H3,(H,24,25,26). The molecule has 1 N–H and O–H groups in total. The molecule has 0 amide bonds. The van der Waals surface area contributed by atoms with E-state index in [4.69, 9.17) is 11.6 Å². The summed E-state index contributed by atoms with van der Waals surface area (Å²) in [6.07, 6.45) is 0.153. The Morgan fingerprint density at radius 3 is 2.62 bits per heavy atom. The number of rotatable bonds is 4. The molecule has 26 heavy (non-hydrogen) atoms. The molecule has 0 fully saturated rings. The van der Waals surface area contributed by atoms with Gasteiger partial charge >= 0.3 is 6.18 Å². The van der Waals surface area contributed by atoms with E-state index in [1.807, 2.05) is 0 Å². The van der Waals surface area contributed by atoms with E-state index in [-0.39, 0.29) is 5.56 Å². The molecule has 2 heterocycles. The molecule has 4 nitrogen and oxygen atoms in total. The number of nitrogens with one attached hydrogen (secondary N) is 1. The van der Waals surface area contributed by atoms with E-state index in [0.717, 1.165) is 6.07 Å². The van der Waals surface area contributed by atoms with Gasteiger partial charge in [0, 0.05) is 24.2 Å². The summed E-state index contributed by atoms with van der Waals surface area (Å²) in [6, 6.07) is 8.11. The van der Waals surface area contributed by atoms with Crippen LogP contribution in [0.3, 0.4) is 0 Å². The van der Waals surface area contributed by atoms with Crippen LogP contribution in [-0.4, -0.2) is 15.0 Å². The Bertz CT molecular complexity index is 915. The molecule has 3 aromatic rings. The van der Waals surface area contributed by atoms with Crippen molar-refractivity contribution < 1.29 is 13.2 Å². The number of hydrogen-bond acceptors (Lipinski definition) is 4. The van der Waals surface area contributed by atoms with Crippen LogP contribution in [0, 0.1) is 0 Å².